The molecule has 0 bridgehead atoms. The average molecular weight is 1180 g/mol. The number of amides is 2. The first-order chi connectivity index (χ1) is 40.8. The number of Topliss-reactive ketones (excluding diaryl/α,β-unsaturated/α-hetero) is 1. The molecule has 84 heavy (non-hydrogen) atoms. The fraction of sp³-hybridized carbons (Fsp3) is 0.484. The predicted molar refractivity (Wildman–Crippen MR) is 317 cm³/mol. The first kappa shape index (κ1) is 69.9. The molecule has 0 fully saturated rings. The highest BCUT2D eigenvalue weighted by Gasteiger charge is 2.30. The molecule has 4 aromatic carbocycles. The average Bonchev–Trinajstić information content (AvgIpc) is 2.95. The van der Waals surface area contributed by atoms with Crippen LogP contribution in [0.1, 0.15) is 113 Å². The molecule has 460 valence electrons. The molecule has 5 rings (SSSR count). The van der Waals surface area contributed by atoms with E-state index in [-0.39, 0.29) is 36.8 Å². The molecule has 17 nitrogen and oxygen atoms in total. The molecule has 0 aliphatic heterocycles. The number of halogens is 3. The third kappa shape index (κ3) is 28.3. The molecule has 0 aliphatic carbocycles. The zero-order valence-electron chi connectivity index (χ0n) is 49.2. The molecule has 0 saturated carbocycles. The summed E-state index contributed by atoms with van der Waals surface area (Å²) in [5.74, 6) is -1.51. The second-order valence-electron chi connectivity index (χ2n) is 19.1. The molecule has 0 spiro atoms. The second-order valence-corrected chi connectivity index (χ2v) is 19.1. The molecular formula is C64H85F3N4O13. The van der Waals surface area contributed by atoms with Gasteiger partial charge in [-0.05, 0) is 123 Å². The Morgan fingerprint density at radius 1 is 0.536 bits per heavy atom. The van der Waals surface area contributed by atoms with Crippen LogP contribution in [0, 0.1) is 0 Å². The topological polar surface area (TPSA) is 203 Å². The SMILES string of the molecule is CCCOCCOCCOCCOCCC(=O)O.CCc1cccc(C(=O)CCCOCCOCCOCCOCCCc2cccc(C(=O)Nc3ccc(N(CC)CC)cc3-c3cc(C(=O)NCc4cccc(C(F)(F)F)c4)ccn3)c2)c1. The smallest absolute Gasteiger partial charge is 0.416 e. The number of ether oxygens (including phenoxy) is 8. The van der Waals surface area contributed by atoms with Crippen molar-refractivity contribution < 1.29 is 75.4 Å². The van der Waals surface area contributed by atoms with Crippen molar-refractivity contribution in [3.8, 4) is 11.3 Å². The van der Waals surface area contributed by atoms with Crippen molar-refractivity contribution in [3.63, 3.8) is 0 Å². The summed E-state index contributed by atoms with van der Waals surface area (Å²) >= 11 is 0. The monoisotopic (exact) mass is 1170 g/mol. The Labute approximate surface area is 492 Å². The number of carboxylic acids is 1. The number of aliphatic carboxylic acids is 1. The van der Waals surface area contributed by atoms with Crippen LogP contribution in [0.25, 0.3) is 11.3 Å². The molecule has 0 radical (unpaired) electrons. The minimum atomic E-state index is -4.49. The number of carboxylic acid groups (broad SMARTS) is 1. The maximum absolute atomic E-state index is 13.7. The molecule has 1 aromatic heterocycles. The molecule has 0 atom stereocenters. The number of hydrogen-bond donors (Lipinski definition) is 3. The standard InChI is InChI=1S/C52H61F3N4O7.C12H24O6/c1-4-38-12-7-16-41(32-38)49(60)19-11-25-64-27-29-66-31-30-65-28-26-63-24-10-15-39-13-8-17-42(33-39)51(62)58-47-21-20-45(59(5-2)6-3)36-46(47)48-35-43(22-23-56-48)50(61)57-37-40-14-9-18-44(34-40)52(53,54)55;1-2-4-15-6-8-17-10-11-18-9-7-16-5-3-12(13)14/h7-9,12-14,16-18,20-23,32-36H,4-6,10-11,15,19,24-31,37H2,1-3H3,(H,57,61)(H,58,62);2-11H2,1H3,(H,13,14). The van der Waals surface area contributed by atoms with Crippen molar-refractivity contribution in [3.05, 3.63) is 148 Å². The van der Waals surface area contributed by atoms with Gasteiger partial charge in [0, 0.05) is 80.0 Å². The number of nitrogens with one attached hydrogen (secondary N) is 2. The Morgan fingerprint density at radius 2 is 1.07 bits per heavy atom. The van der Waals surface area contributed by atoms with Gasteiger partial charge in [0.2, 0.25) is 0 Å². The van der Waals surface area contributed by atoms with Gasteiger partial charge in [-0.2, -0.15) is 13.2 Å². The van der Waals surface area contributed by atoms with Gasteiger partial charge in [0.15, 0.2) is 5.78 Å². The van der Waals surface area contributed by atoms with Crippen molar-refractivity contribution in [1.29, 1.82) is 0 Å². The number of alkyl halides is 3. The van der Waals surface area contributed by atoms with E-state index in [1.807, 2.05) is 74.5 Å². The van der Waals surface area contributed by atoms with Crippen molar-refractivity contribution in [2.24, 2.45) is 0 Å². The highest BCUT2D eigenvalue weighted by atomic mass is 19.4. The van der Waals surface area contributed by atoms with E-state index in [9.17, 15) is 32.3 Å². The summed E-state index contributed by atoms with van der Waals surface area (Å²) in [5, 5.41) is 14.1. The van der Waals surface area contributed by atoms with Crippen LogP contribution >= 0.6 is 0 Å². The van der Waals surface area contributed by atoms with Gasteiger partial charge in [-0.3, -0.25) is 24.2 Å². The maximum atomic E-state index is 13.7. The minimum absolute atomic E-state index is 0.0286. The van der Waals surface area contributed by atoms with E-state index in [0.717, 1.165) is 73.5 Å². The van der Waals surface area contributed by atoms with Crippen LogP contribution in [0.5, 0.6) is 0 Å². The van der Waals surface area contributed by atoms with Crippen LogP contribution in [0.4, 0.5) is 24.5 Å². The number of carbonyl (C=O) groups excluding carboxylic acids is 3. The van der Waals surface area contributed by atoms with Gasteiger partial charge in [0.1, 0.15) is 0 Å². The van der Waals surface area contributed by atoms with Crippen LogP contribution in [0.2, 0.25) is 0 Å². The van der Waals surface area contributed by atoms with E-state index in [1.165, 1.54) is 24.4 Å². The van der Waals surface area contributed by atoms with Crippen LogP contribution in [0.15, 0.2) is 109 Å². The molecule has 2 amide bonds. The molecule has 20 heteroatoms. The highest BCUT2D eigenvalue weighted by molar-refractivity contribution is 6.06. The highest BCUT2D eigenvalue weighted by Crippen LogP contribution is 2.33. The van der Waals surface area contributed by atoms with E-state index in [2.05, 4.69) is 34.4 Å². The number of pyridine rings is 1. The van der Waals surface area contributed by atoms with Crippen molar-refractivity contribution in [2.75, 3.05) is 129 Å². The largest absolute Gasteiger partial charge is 0.481 e. The van der Waals surface area contributed by atoms with Crippen molar-refractivity contribution >= 4 is 34.9 Å². The predicted octanol–water partition coefficient (Wildman–Crippen LogP) is 11.0. The lowest BCUT2D eigenvalue weighted by Gasteiger charge is -2.23. The summed E-state index contributed by atoms with van der Waals surface area (Å²) in [6.07, 6.45) is 1.53. The molecule has 3 N–H and O–H groups in total. The number of aromatic nitrogens is 1. The Bertz CT molecular complexity index is 2690. The zero-order chi connectivity index (χ0) is 60.6. The van der Waals surface area contributed by atoms with Gasteiger partial charge in [0.25, 0.3) is 11.8 Å². The van der Waals surface area contributed by atoms with Gasteiger partial charge < -0.3 is 58.5 Å². The maximum Gasteiger partial charge on any atom is 0.416 e. The molecular weight excluding hydrogens is 1090 g/mol. The van der Waals surface area contributed by atoms with Crippen LogP contribution < -0.4 is 15.5 Å². The summed E-state index contributed by atoms with van der Waals surface area (Å²) in [4.78, 5) is 56.2. The van der Waals surface area contributed by atoms with E-state index in [1.54, 1.807) is 12.1 Å². The van der Waals surface area contributed by atoms with Gasteiger partial charge in [0.05, 0.1) is 109 Å². The lowest BCUT2D eigenvalue weighted by atomic mass is 10.0. The summed E-state index contributed by atoms with van der Waals surface area (Å²) < 4.78 is 83.0. The van der Waals surface area contributed by atoms with Gasteiger partial charge in [-0.1, -0.05) is 56.3 Å². The number of carbonyl (C=O) groups is 4. The first-order valence-corrected chi connectivity index (χ1v) is 28.9. The van der Waals surface area contributed by atoms with Crippen LogP contribution in [-0.2, 0) is 68.3 Å². The number of benzene rings is 4. The lowest BCUT2D eigenvalue weighted by molar-refractivity contribution is -0.139. The summed E-state index contributed by atoms with van der Waals surface area (Å²) in [5.41, 5.74) is 5.61. The normalized spacial score (nSPS) is 11.2. The van der Waals surface area contributed by atoms with Crippen LogP contribution in [0.3, 0.4) is 0 Å². The minimum Gasteiger partial charge on any atom is -0.481 e. The molecule has 5 aromatic rings. The summed E-state index contributed by atoms with van der Waals surface area (Å²) in [6, 6.07) is 28.8. The molecule has 0 aliphatic rings. The van der Waals surface area contributed by atoms with Gasteiger partial charge in [-0.25, -0.2) is 0 Å². The van der Waals surface area contributed by atoms with E-state index in [4.69, 9.17) is 43.0 Å². The number of aryl methyl sites for hydroxylation is 2. The third-order valence-electron chi connectivity index (χ3n) is 12.7. The fourth-order valence-corrected chi connectivity index (χ4v) is 8.21. The lowest BCUT2D eigenvalue weighted by Crippen LogP contribution is -2.23. The van der Waals surface area contributed by atoms with Crippen molar-refractivity contribution in [2.45, 2.75) is 85.4 Å². The summed E-state index contributed by atoms with van der Waals surface area (Å²) in [7, 11) is 0. The summed E-state index contributed by atoms with van der Waals surface area (Å²) in [6.45, 7) is 17.5. The Kier molecular flexibility index (Phi) is 34.4. The second kappa shape index (κ2) is 41.4. The fourth-order valence-electron chi connectivity index (χ4n) is 8.21. The van der Waals surface area contributed by atoms with Gasteiger partial charge >= 0.3 is 12.1 Å². The van der Waals surface area contributed by atoms with Crippen LogP contribution in [-0.4, -0.2) is 152 Å². The quantitative estimate of drug-likeness (QED) is 0.0246. The first-order valence-electron chi connectivity index (χ1n) is 28.9. The number of hydrogen-bond acceptors (Lipinski definition) is 14. The molecule has 0 unspecified atom stereocenters. The van der Waals surface area contributed by atoms with E-state index >= 15 is 0 Å². The Hall–Kier alpha value is -6.62. The Morgan fingerprint density at radius 3 is 1.67 bits per heavy atom. The number of nitrogens with zero attached hydrogens (tertiary/aromatic N) is 2. The number of ketones is 1. The van der Waals surface area contributed by atoms with E-state index < -0.39 is 23.6 Å². The Balaban J connectivity index is 0.000000721. The molecule has 1 heterocycles. The van der Waals surface area contributed by atoms with E-state index in [0.29, 0.717) is 140 Å². The zero-order valence-corrected chi connectivity index (χ0v) is 49.2. The third-order valence-corrected chi connectivity index (χ3v) is 12.7. The van der Waals surface area contributed by atoms with Gasteiger partial charge in [-0.15, -0.1) is 0 Å². The molecule has 0 saturated heterocycles. The number of rotatable bonds is 42. The number of anilines is 2. The van der Waals surface area contributed by atoms with Crippen molar-refractivity contribution in [1.82, 2.24) is 10.3 Å².